The molecule has 1 nitrogen and oxygen atoms in total. The number of halogens is 6. The summed E-state index contributed by atoms with van der Waals surface area (Å²) in [5, 5.41) is -0.382. The highest BCUT2D eigenvalue weighted by Crippen LogP contribution is 2.78. The molecule has 0 rings (SSSR count). The van der Waals surface area contributed by atoms with Gasteiger partial charge < -0.3 is 0 Å². The molecular weight excluding hydrogens is 320 g/mol. The molecule has 0 spiro atoms. The van der Waals surface area contributed by atoms with Crippen molar-refractivity contribution in [2.75, 3.05) is 5.88 Å². The van der Waals surface area contributed by atoms with Crippen LogP contribution in [0.25, 0.3) is 0 Å². The number of carbonyl (C=O) groups is 1. The number of hydrogen-bond acceptors (Lipinski definition) is 1. The highest BCUT2D eigenvalue weighted by molar-refractivity contribution is 8.46. The van der Waals surface area contributed by atoms with Crippen molar-refractivity contribution in [3.8, 4) is 0 Å². The van der Waals surface area contributed by atoms with Gasteiger partial charge in [0.2, 0.25) is 9.92 Å². The third-order valence-electron chi connectivity index (χ3n) is 0.866. The molecule has 0 atom stereocenters. The average molecular weight is 328 g/mol. The molecular formula is C5H8Cl6OP. The zero-order valence-corrected chi connectivity index (χ0v) is 12.3. The smallest absolute Gasteiger partial charge is 0.228 e. The first kappa shape index (κ1) is 17.2. The highest BCUT2D eigenvalue weighted by Gasteiger charge is 2.23. The normalized spacial score (nSPS) is 11.7. The molecule has 0 unspecified atom stereocenters. The van der Waals surface area contributed by atoms with E-state index >= 15 is 0 Å². The quantitative estimate of drug-likeness (QED) is 0.364. The Morgan fingerprint density at radius 3 is 1.46 bits per heavy atom. The largest absolute Gasteiger partial charge is 0.281 e. The van der Waals surface area contributed by atoms with Crippen LogP contribution < -0.4 is 0 Å². The van der Waals surface area contributed by atoms with E-state index in [4.69, 9.17) is 68.2 Å². The fraction of sp³-hybridized carbons (Fsp3) is 0.800. The first-order chi connectivity index (χ1) is 5.50. The summed E-state index contributed by atoms with van der Waals surface area (Å²) in [5.41, 5.74) is -0.566. The molecule has 0 amide bonds. The minimum atomic E-state index is -2.50. The second-order valence-corrected chi connectivity index (χ2v) is 13.3. The summed E-state index contributed by atoms with van der Waals surface area (Å²) in [5.74, 6) is 0.273. The lowest BCUT2D eigenvalue weighted by Crippen LogP contribution is -2.20. The summed E-state index contributed by atoms with van der Waals surface area (Å²) < 4.78 is -2.50. The lowest BCUT2D eigenvalue weighted by Gasteiger charge is -2.13. The van der Waals surface area contributed by atoms with Gasteiger partial charge in [-0.1, -0.05) is 58.8 Å². The van der Waals surface area contributed by atoms with E-state index in [1.165, 1.54) is 0 Å². The minimum Gasteiger partial charge on any atom is -0.281 e. The van der Waals surface area contributed by atoms with Crippen molar-refractivity contribution in [2.24, 2.45) is 5.41 Å². The van der Waals surface area contributed by atoms with Crippen molar-refractivity contribution in [1.29, 1.82) is 0 Å². The Labute approximate surface area is 107 Å². The molecule has 0 aromatic rings. The maximum Gasteiger partial charge on any atom is 0.228 e. The topological polar surface area (TPSA) is 17.1 Å². The average Bonchev–Trinajstić information content (AvgIpc) is 1.83. The van der Waals surface area contributed by atoms with E-state index in [1.807, 2.05) is 0 Å². The van der Waals surface area contributed by atoms with Gasteiger partial charge in [-0.2, -0.15) is 0 Å². The molecule has 0 bridgehead atoms. The van der Waals surface area contributed by atoms with Gasteiger partial charge in [-0.25, -0.2) is 0 Å². The van der Waals surface area contributed by atoms with Crippen molar-refractivity contribution in [3.05, 3.63) is 0 Å². The maximum absolute atomic E-state index is 10.4. The summed E-state index contributed by atoms with van der Waals surface area (Å²) in [6.45, 7) is 3.41. The highest BCUT2D eigenvalue weighted by atomic mass is 36.2. The second-order valence-electron chi connectivity index (χ2n) is 2.67. The van der Waals surface area contributed by atoms with Crippen LogP contribution in [-0.4, -0.2) is 11.1 Å². The van der Waals surface area contributed by atoms with Crippen LogP contribution in [0.3, 0.4) is 0 Å². The van der Waals surface area contributed by atoms with Crippen LogP contribution >= 0.6 is 72.8 Å². The van der Waals surface area contributed by atoms with Crippen LogP contribution in [0.4, 0.5) is 0 Å². The maximum atomic E-state index is 10.4. The molecule has 0 aromatic carbocycles. The van der Waals surface area contributed by atoms with Crippen molar-refractivity contribution in [1.82, 2.24) is 0 Å². The van der Waals surface area contributed by atoms with Crippen LogP contribution in [-0.2, 0) is 4.79 Å². The molecule has 0 aromatic heterocycles. The van der Waals surface area contributed by atoms with Gasteiger partial charge in [0.15, 0.2) is 0 Å². The van der Waals surface area contributed by atoms with Crippen molar-refractivity contribution < 1.29 is 4.79 Å². The molecule has 0 aliphatic heterocycles. The molecule has 1 radical (unpaired) electrons. The van der Waals surface area contributed by atoms with Crippen LogP contribution in [0, 0.1) is 5.41 Å². The summed E-state index contributed by atoms with van der Waals surface area (Å²) in [6.07, 6.45) is 0. The zero-order valence-electron chi connectivity index (χ0n) is 6.83. The van der Waals surface area contributed by atoms with E-state index in [0.29, 0.717) is 0 Å². The third-order valence-corrected chi connectivity index (χ3v) is 2.05. The third kappa shape index (κ3) is 16.5. The van der Waals surface area contributed by atoms with Gasteiger partial charge in [0.25, 0.3) is 0 Å². The van der Waals surface area contributed by atoms with Crippen molar-refractivity contribution in [3.63, 3.8) is 0 Å². The van der Waals surface area contributed by atoms with Crippen molar-refractivity contribution in [2.45, 2.75) is 13.8 Å². The predicted molar refractivity (Wildman–Crippen MR) is 65.7 cm³/mol. The van der Waals surface area contributed by atoms with E-state index in [1.54, 1.807) is 13.8 Å². The Balaban J connectivity index is 0. The molecule has 0 saturated heterocycles. The summed E-state index contributed by atoms with van der Waals surface area (Å²) in [4.78, 5) is 10.4. The molecule has 0 aliphatic carbocycles. The minimum absolute atomic E-state index is 0.273. The SMILES string of the molecule is CC(C)(CCl)C(=O)Cl.Cl[P](Cl)(Cl)Cl. The second kappa shape index (κ2) is 7.17. The number of alkyl halides is 1. The Bertz CT molecular complexity index is 159. The Kier molecular flexibility index (Phi) is 9.51. The van der Waals surface area contributed by atoms with E-state index in [9.17, 15) is 4.79 Å². The van der Waals surface area contributed by atoms with Crippen LogP contribution in [0.2, 0.25) is 0 Å². The molecule has 13 heavy (non-hydrogen) atoms. The first-order valence-electron chi connectivity index (χ1n) is 2.94. The molecule has 0 saturated carbocycles. The molecule has 8 heteroatoms. The van der Waals surface area contributed by atoms with Gasteiger partial charge in [-0.3, -0.25) is 4.79 Å². The zero-order chi connectivity index (χ0) is 11.3. The van der Waals surface area contributed by atoms with Gasteiger partial charge in [0.05, 0.1) is 5.41 Å². The Hall–Kier alpha value is 1.84. The molecule has 0 aliphatic rings. The van der Waals surface area contributed by atoms with Gasteiger partial charge in [0.1, 0.15) is 0 Å². The van der Waals surface area contributed by atoms with E-state index in [0.717, 1.165) is 0 Å². The van der Waals surface area contributed by atoms with E-state index < -0.39 is 10.1 Å². The fourth-order valence-corrected chi connectivity index (χ4v) is 0.309. The van der Waals surface area contributed by atoms with Gasteiger partial charge in [-0.15, -0.1) is 11.6 Å². The van der Waals surface area contributed by atoms with Gasteiger partial charge >= 0.3 is 0 Å². The van der Waals surface area contributed by atoms with Crippen LogP contribution in [0.15, 0.2) is 0 Å². The molecule has 0 N–H and O–H groups in total. The van der Waals surface area contributed by atoms with E-state index in [2.05, 4.69) is 0 Å². The van der Waals surface area contributed by atoms with Crippen molar-refractivity contribution >= 4 is 78.1 Å². The van der Waals surface area contributed by atoms with Crippen LogP contribution in [0.5, 0.6) is 0 Å². The Morgan fingerprint density at radius 1 is 1.23 bits per heavy atom. The van der Waals surface area contributed by atoms with Crippen LogP contribution in [0.1, 0.15) is 13.8 Å². The number of carbonyl (C=O) groups excluding carboxylic acids is 1. The standard InChI is InChI=1S/C5H8Cl2O.Cl4P/c1-5(2,3-6)4(7)8;1-5(2,3)4/h3H2,1-2H3;. The van der Waals surface area contributed by atoms with Gasteiger partial charge in [0, 0.05) is 5.88 Å². The number of hydrogen-bond donors (Lipinski definition) is 0. The monoisotopic (exact) mass is 325 g/mol. The first-order valence-corrected chi connectivity index (χ1v) is 9.26. The number of rotatable bonds is 2. The lowest BCUT2D eigenvalue weighted by molar-refractivity contribution is -0.118. The molecule has 81 valence electrons. The summed E-state index contributed by atoms with van der Waals surface area (Å²) >= 11 is 30.3. The summed E-state index contributed by atoms with van der Waals surface area (Å²) in [6, 6.07) is 0. The molecule has 0 heterocycles. The summed E-state index contributed by atoms with van der Waals surface area (Å²) in [7, 11) is 0. The predicted octanol–water partition coefficient (Wildman–Crippen LogP) is 5.64. The Morgan fingerprint density at radius 2 is 1.46 bits per heavy atom. The van der Waals surface area contributed by atoms with Gasteiger partial charge in [-0.05, 0) is 11.6 Å². The molecule has 0 fully saturated rings. The fourth-order valence-electron chi connectivity index (χ4n) is 0.0525. The van der Waals surface area contributed by atoms with E-state index in [-0.39, 0.29) is 11.1 Å². The lowest BCUT2D eigenvalue weighted by atomic mass is 9.99.